The summed E-state index contributed by atoms with van der Waals surface area (Å²) in [5, 5.41) is 13.9. The number of aryl methyl sites for hydroxylation is 1. The van der Waals surface area contributed by atoms with Gasteiger partial charge in [-0.2, -0.15) is 0 Å². The third-order valence-corrected chi connectivity index (χ3v) is 5.21. The molecule has 0 bridgehead atoms. The molecule has 0 spiro atoms. The predicted octanol–water partition coefficient (Wildman–Crippen LogP) is 2.89. The SMILES string of the molecule is Cc1cc(N2CCN(CC(=O)Nc3cccc([N+](=O)[O-])c3C)CC2)nc(C(C)C)n1. The molecule has 3 rings (SSSR count). The Morgan fingerprint density at radius 3 is 2.53 bits per heavy atom. The minimum atomic E-state index is -0.441. The normalized spacial score (nSPS) is 14.8. The summed E-state index contributed by atoms with van der Waals surface area (Å²) >= 11 is 0. The first-order chi connectivity index (χ1) is 14.2. The molecule has 30 heavy (non-hydrogen) atoms. The third kappa shape index (κ3) is 5.10. The second-order valence-corrected chi connectivity index (χ2v) is 7.90. The third-order valence-electron chi connectivity index (χ3n) is 5.21. The van der Waals surface area contributed by atoms with Gasteiger partial charge < -0.3 is 10.2 Å². The maximum atomic E-state index is 12.5. The minimum absolute atomic E-state index is 0.00215. The zero-order valence-electron chi connectivity index (χ0n) is 17.9. The number of piperazine rings is 1. The Morgan fingerprint density at radius 1 is 1.20 bits per heavy atom. The van der Waals surface area contributed by atoms with Crippen LogP contribution in [-0.4, -0.2) is 58.4 Å². The van der Waals surface area contributed by atoms with Crippen LogP contribution in [0.5, 0.6) is 0 Å². The second-order valence-electron chi connectivity index (χ2n) is 7.90. The largest absolute Gasteiger partial charge is 0.354 e. The van der Waals surface area contributed by atoms with E-state index in [1.807, 2.05) is 13.0 Å². The van der Waals surface area contributed by atoms with Crippen LogP contribution in [0.25, 0.3) is 0 Å². The molecule has 0 radical (unpaired) electrons. The zero-order chi connectivity index (χ0) is 21.8. The van der Waals surface area contributed by atoms with E-state index in [0.717, 1.165) is 43.5 Å². The van der Waals surface area contributed by atoms with Crippen LogP contribution >= 0.6 is 0 Å². The van der Waals surface area contributed by atoms with E-state index in [9.17, 15) is 14.9 Å². The van der Waals surface area contributed by atoms with Gasteiger partial charge in [-0.3, -0.25) is 19.8 Å². The lowest BCUT2D eigenvalue weighted by atomic mass is 10.1. The highest BCUT2D eigenvalue weighted by Gasteiger charge is 2.22. The van der Waals surface area contributed by atoms with Crippen molar-refractivity contribution < 1.29 is 9.72 Å². The van der Waals surface area contributed by atoms with Crippen molar-refractivity contribution in [1.82, 2.24) is 14.9 Å². The Hall–Kier alpha value is -3.07. The van der Waals surface area contributed by atoms with E-state index in [-0.39, 0.29) is 24.1 Å². The number of rotatable bonds is 6. The molecule has 2 aromatic rings. The predicted molar refractivity (Wildman–Crippen MR) is 116 cm³/mol. The van der Waals surface area contributed by atoms with E-state index < -0.39 is 4.92 Å². The van der Waals surface area contributed by atoms with E-state index in [2.05, 4.69) is 33.9 Å². The van der Waals surface area contributed by atoms with Crippen molar-refractivity contribution >= 4 is 23.1 Å². The minimum Gasteiger partial charge on any atom is -0.354 e. The first kappa shape index (κ1) is 21.6. The highest BCUT2D eigenvalue weighted by molar-refractivity contribution is 5.93. The molecule has 1 aliphatic heterocycles. The van der Waals surface area contributed by atoms with Gasteiger partial charge in [0.2, 0.25) is 5.91 Å². The van der Waals surface area contributed by atoms with Crippen molar-refractivity contribution in [3.63, 3.8) is 0 Å². The Balaban J connectivity index is 1.57. The van der Waals surface area contributed by atoms with Gasteiger partial charge in [0.05, 0.1) is 22.7 Å². The van der Waals surface area contributed by atoms with Gasteiger partial charge in [-0.15, -0.1) is 0 Å². The maximum Gasteiger partial charge on any atom is 0.274 e. The van der Waals surface area contributed by atoms with Crippen LogP contribution in [0.1, 0.15) is 36.8 Å². The van der Waals surface area contributed by atoms with Gasteiger partial charge in [0.1, 0.15) is 11.6 Å². The number of anilines is 2. The van der Waals surface area contributed by atoms with Gasteiger partial charge in [-0.1, -0.05) is 19.9 Å². The van der Waals surface area contributed by atoms with Crippen LogP contribution < -0.4 is 10.2 Å². The molecule has 9 nitrogen and oxygen atoms in total. The van der Waals surface area contributed by atoms with Crippen LogP contribution in [-0.2, 0) is 4.79 Å². The lowest BCUT2D eigenvalue weighted by Crippen LogP contribution is -2.49. The van der Waals surface area contributed by atoms with Crippen LogP contribution in [0, 0.1) is 24.0 Å². The number of benzene rings is 1. The fraction of sp³-hybridized carbons (Fsp3) is 0.476. The molecule has 0 saturated carbocycles. The summed E-state index contributed by atoms with van der Waals surface area (Å²) in [5.41, 5.74) is 1.89. The summed E-state index contributed by atoms with van der Waals surface area (Å²) in [6.45, 7) is 11.1. The second kappa shape index (κ2) is 9.17. The molecule has 0 atom stereocenters. The van der Waals surface area contributed by atoms with E-state index >= 15 is 0 Å². The zero-order valence-corrected chi connectivity index (χ0v) is 17.9. The topological polar surface area (TPSA) is 104 Å². The molecule has 1 aromatic heterocycles. The van der Waals surface area contributed by atoms with Crippen molar-refractivity contribution in [2.45, 2.75) is 33.6 Å². The van der Waals surface area contributed by atoms with Crippen molar-refractivity contribution in [3.8, 4) is 0 Å². The molecule has 0 unspecified atom stereocenters. The number of amides is 1. The van der Waals surface area contributed by atoms with E-state index in [0.29, 0.717) is 11.3 Å². The number of hydrogen-bond donors (Lipinski definition) is 1. The van der Waals surface area contributed by atoms with E-state index in [1.165, 1.54) is 6.07 Å². The quantitative estimate of drug-likeness (QED) is 0.574. The molecule has 2 heterocycles. The fourth-order valence-electron chi connectivity index (χ4n) is 3.48. The summed E-state index contributed by atoms with van der Waals surface area (Å²) < 4.78 is 0. The number of nitrogens with zero attached hydrogens (tertiary/aromatic N) is 5. The first-order valence-electron chi connectivity index (χ1n) is 10.1. The average Bonchev–Trinajstić information content (AvgIpc) is 2.69. The molecule has 0 aliphatic carbocycles. The molecule has 9 heteroatoms. The number of nitro groups is 1. The van der Waals surface area contributed by atoms with Crippen molar-refractivity contribution in [2.24, 2.45) is 0 Å². The number of nitro benzene ring substituents is 1. The number of carbonyl (C=O) groups is 1. The first-order valence-corrected chi connectivity index (χ1v) is 10.1. The number of nitrogens with one attached hydrogen (secondary N) is 1. The number of hydrogen-bond acceptors (Lipinski definition) is 7. The number of aromatic nitrogens is 2. The highest BCUT2D eigenvalue weighted by Crippen LogP contribution is 2.25. The molecular weight excluding hydrogens is 384 g/mol. The molecule has 1 aromatic carbocycles. The molecule has 1 amide bonds. The van der Waals surface area contributed by atoms with Gasteiger partial charge in [0.25, 0.3) is 5.69 Å². The lowest BCUT2D eigenvalue weighted by Gasteiger charge is -2.35. The smallest absolute Gasteiger partial charge is 0.274 e. The fourth-order valence-corrected chi connectivity index (χ4v) is 3.48. The average molecular weight is 412 g/mol. The Kier molecular flexibility index (Phi) is 6.61. The molecule has 1 saturated heterocycles. The van der Waals surface area contributed by atoms with Crippen molar-refractivity contribution in [1.29, 1.82) is 0 Å². The lowest BCUT2D eigenvalue weighted by molar-refractivity contribution is -0.385. The molecule has 1 aliphatic rings. The van der Waals surface area contributed by atoms with Crippen LogP contribution in [0.4, 0.5) is 17.2 Å². The van der Waals surface area contributed by atoms with Crippen LogP contribution in [0.2, 0.25) is 0 Å². The van der Waals surface area contributed by atoms with Crippen LogP contribution in [0.3, 0.4) is 0 Å². The van der Waals surface area contributed by atoms with Crippen LogP contribution in [0.15, 0.2) is 24.3 Å². The van der Waals surface area contributed by atoms with Crippen molar-refractivity contribution in [3.05, 3.63) is 51.5 Å². The molecular formula is C21H28N6O3. The standard InChI is InChI=1S/C21H28N6O3/c1-14(2)21-22-15(3)12-19(24-21)26-10-8-25(9-11-26)13-20(28)23-17-6-5-7-18(16(17)4)27(29)30/h5-7,12,14H,8-11,13H2,1-4H3,(H,23,28). The Morgan fingerprint density at radius 2 is 1.90 bits per heavy atom. The van der Waals surface area contributed by atoms with E-state index in [4.69, 9.17) is 4.98 Å². The van der Waals surface area contributed by atoms with E-state index in [1.54, 1.807) is 19.1 Å². The summed E-state index contributed by atoms with van der Waals surface area (Å²) in [5.74, 6) is 1.87. The molecule has 1 fully saturated rings. The summed E-state index contributed by atoms with van der Waals surface area (Å²) in [7, 11) is 0. The Bertz CT molecular complexity index is 938. The summed E-state index contributed by atoms with van der Waals surface area (Å²) in [6, 6.07) is 6.69. The molecule has 1 N–H and O–H groups in total. The van der Waals surface area contributed by atoms with Gasteiger partial charge in [-0.25, -0.2) is 9.97 Å². The summed E-state index contributed by atoms with van der Waals surface area (Å²) in [6.07, 6.45) is 0. The van der Waals surface area contributed by atoms with Gasteiger partial charge in [0.15, 0.2) is 0 Å². The van der Waals surface area contributed by atoms with Gasteiger partial charge in [-0.05, 0) is 19.9 Å². The van der Waals surface area contributed by atoms with Gasteiger partial charge in [0, 0.05) is 49.9 Å². The highest BCUT2D eigenvalue weighted by atomic mass is 16.6. The molecule has 160 valence electrons. The summed E-state index contributed by atoms with van der Waals surface area (Å²) in [4.78, 5) is 36.6. The van der Waals surface area contributed by atoms with Crippen molar-refractivity contribution in [2.75, 3.05) is 42.9 Å². The Labute approximate surface area is 176 Å². The number of carbonyl (C=O) groups excluding carboxylic acids is 1. The maximum absolute atomic E-state index is 12.5. The monoisotopic (exact) mass is 412 g/mol. The van der Waals surface area contributed by atoms with Gasteiger partial charge >= 0.3 is 0 Å².